The van der Waals surface area contributed by atoms with Crippen LogP contribution < -0.4 is 5.32 Å². The van der Waals surface area contributed by atoms with Gasteiger partial charge in [0.1, 0.15) is 5.82 Å². The van der Waals surface area contributed by atoms with Crippen LogP contribution in [0.2, 0.25) is 0 Å². The second-order valence-corrected chi connectivity index (χ2v) is 8.59. The van der Waals surface area contributed by atoms with E-state index in [1.54, 1.807) is 6.07 Å². The molecule has 0 spiro atoms. The van der Waals surface area contributed by atoms with Crippen LogP contribution in [0.1, 0.15) is 32.5 Å². The van der Waals surface area contributed by atoms with Crippen molar-refractivity contribution >= 4 is 40.8 Å². The number of hydrogen-bond acceptors (Lipinski definition) is 5. The number of hydrogen-bond donors (Lipinski definition) is 1. The van der Waals surface area contributed by atoms with Gasteiger partial charge in [-0.25, -0.2) is 4.39 Å². The predicted octanol–water partition coefficient (Wildman–Crippen LogP) is 5.16. The number of nitrogens with zero attached hydrogens (tertiary/aromatic N) is 1. The van der Waals surface area contributed by atoms with Crippen LogP contribution in [0.5, 0.6) is 0 Å². The lowest BCUT2D eigenvalue weighted by molar-refractivity contribution is -0.385. The molecule has 8 heteroatoms. The number of amides is 1. The number of nitrogens with one attached hydrogen (secondary N) is 1. The Hall–Kier alpha value is -2.06. The molecule has 2 aromatic rings. The zero-order valence-corrected chi connectivity index (χ0v) is 15.7. The Morgan fingerprint density at radius 3 is 2.69 bits per heavy atom. The van der Waals surface area contributed by atoms with Gasteiger partial charge >= 0.3 is 0 Å². The van der Waals surface area contributed by atoms with Crippen molar-refractivity contribution in [3.05, 3.63) is 69.0 Å². The van der Waals surface area contributed by atoms with Crippen molar-refractivity contribution in [2.45, 2.75) is 17.9 Å². The summed E-state index contributed by atoms with van der Waals surface area (Å²) in [6.07, 6.45) is 1.19. The molecule has 0 bridgehead atoms. The molecular weight excluding hydrogens is 375 g/mol. The lowest BCUT2D eigenvalue weighted by Gasteiger charge is -2.21. The SMILES string of the molecule is Cc1c(F)cc(C(=O)Nc2cccc(C3SCCCS3)c2)cc1[N+](=O)[O-]. The number of rotatable bonds is 4. The molecule has 1 aliphatic rings. The Balaban J connectivity index is 1.81. The van der Waals surface area contributed by atoms with Gasteiger partial charge < -0.3 is 5.32 Å². The second-order valence-electron chi connectivity index (χ2n) is 5.87. The predicted molar refractivity (Wildman–Crippen MR) is 104 cm³/mol. The van der Waals surface area contributed by atoms with Crippen LogP contribution in [0.3, 0.4) is 0 Å². The van der Waals surface area contributed by atoms with Crippen LogP contribution >= 0.6 is 23.5 Å². The van der Waals surface area contributed by atoms with Crippen LogP contribution in [-0.4, -0.2) is 22.3 Å². The number of halogens is 1. The Bertz CT molecular complexity index is 854. The summed E-state index contributed by atoms with van der Waals surface area (Å²) in [4.78, 5) is 22.8. The molecule has 0 aliphatic carbocycles. The molecule has 1 aliphatic heterocycles. The lowest BCUT2D eigenvalue weighted by atomic mass is 10.1. The van der Waals surface area contributed by atoms with Gasteiger partial charge in [-0.05, 0) is 48.6 Å². The number of carbonyl (C=O) groups excluding carboxylic acids is 1. The summed E-state index contributed by atoms with van der Waals surface area (Å²) in [5.41, 5.74) is 1.13. The zero-order chi connectivity index (χ0) is 18.7. The summed E-state index contributed by atoms with van der Waals surface area (Å²) in [6.45, 7) is 1.32. The van der Waals surface area contributed by atoms with Crippen molar-refractivity contribution in [3.8, 4) is 0 Å². The quantitative estimate of drug-likeness (QED) is 0.574. The third-order valence-electron chi connectivity index (χ3n) is 4.02. The summed E-state index contributed by atoms with van der Waals surface area (Å²) >= 11 is 3.75. The molecule has 1 saturated heterocycles. The fourth-order valence-corrected chi connectivity index (χ4v) is 5.50. The molecule has 1 amide bonds. The molecule has 0 radical (unpaired) electrons. The number of benzene rings is 2. The largest absolute Gasteiger partial charge is 0.322 e. The van der Waals surface area contributed by atoms with E-state index >= 15 is 0 Å². The highest BCUT2D eigenvalue weighted by atomic mass is 32.2. The van der Waals surface area contributed by atoms with E-state index in [2.05, 4.69) is 5.32 Å². The summed E-state index contributed by atoms with van der Waals surface area (Å²) in [7, 11) is 0. The third-order valence-corrected chi connectivity index (χ3v) is 7.03. The second kappa shape index (κ2) is 8.09. The molecule has 0 aromatic heterocycles. The number of carbonyl (C=O) groups is 1. The van der Waals surface area contributed by atoms with E-state index in [4.69, 9.17) is 0 Å². The van der Waals surface area contributed by atoms with Gasteiger partial charge in [-0.2, -0.15) is 0 Å². The standard InChI is InChI=1S/C18H17FN2O3S2/c1-11-15(19)9-13(10-16(11)21(23)24)17(22)20-14-5-2-4-12(8-14)18-25-6-3-7-26-18/h2,4-5,8-10,18H,3,6-7H2,1H3,(H,20,22). The molecular formula is C18H17FN2O3S2. The summed E-state index contributed by atoms with van der Waals surface area (Å²) < 4.78 is 14.2. The van der Waals surface area contributed by atoms with Crippen LogP contribution in [0.4, 0.5) is 15.8 Å². The topological polar surface area (TPSA) is 72.2 Å². The first-order chi connectivity index (χ1) is 12.5. The Morgan fingerprint density at radius 2 is 2.00 bits per heavy atom. The Labute approximate surface area is 158 Å². The van der Waals surface area contributed by atoms with Gasteiger partial charge in [0.05, 0.1) is 15.1 Å². The van der Waals surface area contributed by atoms with E-state index in [9.17, 15) is 19.3 Å². The lowest BCUT2D eigenvalue weighted by Crippen LogP contribution is -2.13. The minimum absolute atomic E-state index is 0.0772. The normalized spacial score (nSPS) is 14.8. The van der Waals surface area contributed by atoms with Crippen LogP contribution in [0.25, 0.3) is 0 Å². The highest BCUT2D eigenvalue weighted by molar-refractivity contribution is 8.16. The Morgan fingerprint density at radius 1 is 1.27 bits per heavy atom. The molecule has 1 N–H and O–H groups in total. The Kier molecular flexibility index (Phi) is 5.83. The van der Waals surface area contributed by atoms with E-state index in [0.29, 0.717) is 10.3 Å². The van der Waals surface area contributed by atoms with Gasteiger partial charge in [0, 0.05) is 17.3 Å². The van der Waals surface area contributed by atoms with Gasteiger partial charge in [0.25, 0.3) is 11.6 Å². The molecule has 2 aromatic carbocycles. The number of nitro benzene ring substituents is 1. The number of thioether (sulfide) groups is 2. The summed E-state index contributed by atoms with van der Waals surface area (Å²) in [5.74, 6) is 0.877. The number of anilines is 1. The minimum atomic E-state index is -0.770. The van der Waals surface area contributed by atoms with Crippen molar-refractivity contribution in [1.82, 2.24) is 0 Å². The maximum absolute atomic E-state index is 13.9. The molecule has 136 valence electrons. The molecule has 1 fully saturated rings. The summed E-state index contributed by atoms with van der Waals surface area (Å²) in [6, 6.07) is 9.64. The molecule has 26 heavy (non-hydrogen) atoms. The van der Waals surface area contributed by atoms with Crippen LogP contribution in [-0.2, 0) is 0 Å². The van der Waals surface area contributed by atoms with E-state index in [-0.39, 0.29) is 11.1 Å². The molecule has 0 saturated carbocycles. The zero-order valence-electron chi connectivity index (χ0n) is 14.0. The molecule has 1 heterocycles. The fourth-order valence-electron chi connectivity index (χ4n) is 2.63. The molecule has 0 atom stereocenters. The number of nitro groups is 1. The van der Waals surface area contributed by atoms with Gasteiger partial charge in [0.15, 0.2) is 0 Å². The average molecular weight is 392 g/mol. The van der Waals surface area contributed by atoms with E-state index in [1.165, 1.54) is 13.3 Å². The average Bonchev–Trinajstić information content (AvgIpc) is 2.64. The monoisotopic (exact) mass is 392 g/mol. The fraction of sp³-hybridized carbons (Fsp3) is 0.278. The molecule has 3 rings (SSSR count). The highest BCUT2D eigenvalue weighted by Crippen LogP contribution is 2.44. The maximum atomic E-state index is 13.9. The highest BCUT2D eigenvalue weighted by Gasteiger charge is 2.20. The van der Waals surface area contributed by atoms with Crippen molar-refractivity contribution in [2.75, 3.05) is 16.8 Å². The molecule has 0 unspecified atom stereocenters. The van der Waals surface area contributed by atoms with E-state index in [0.717, 1.165) is 29.2 Å². The van der Waals surface area contributed by atoms with Crippen molar-refractivity contribution in [2.24, 2.45) is 0 Å². The van der Waals surface area contributed by atoms with Gasteiger partial charge in [-0.15, -0.1) is 23.5 Å². The molecule has 5 nitrogen and oxygen atoms in total. The van der Waals surface area contributed by atoms with Crippen molar-refractivity contribution in [3.63, 3.8) is 0 Å². The van der Waals surface area contributed by atoms with Gasteiger partial charge in [0.2, 0.25) is 0 Å². The van der Waals surface area contributed by atoms with E-state index in [1.807, 2.05) is 41.7 Å². The summed E-state index contributed by atoms with van der Waals surface area (Å²) in [5, 5.41) is 13.7. The van der Waals surface area contributed by atoms with Crippen LogP contribution in [0.15, 0.2) is 36.4 Å². The van der Waals surface area contributed by atoms with Gasteiger partial charge in [-0.3, -0.25) is 14.9 Å². The first-order valence-electron chi connectivity index (χ1n) is 8.05. The first-order valence-corrected chi connectivity index (χ1v) is 10.1. The first kappa shape index (κ1) is 18.7. The van der Waals surface area contributed by atoms with E-state index < -0.39 is 22.3 Å². The maximum Gasteiger partial charge on any atom is 0.276 e. The minimum Gasteiger partial charge on any atom is -0.322 e. The van der Waals surface area contributed by atoms with Gasteiger partial charge in [-0.1, -0.05) is 12.1 Å². The van der Waals surface area contributed by atoms with Crippen LogP contribution in [0, 0.1) is 22.9 Å². The van der Waals surface area contributed by atoms with Crippen molar-refractivity contribution in [1.29, 1.82) is 0 Å². The third kappa shape index (κ3) is 4.19. The smallest absolute Gasteiger partial charge is 0.276 e. The van der Waals surface area contributed by atoms with Crippen molar-refractivity contribution < 1.29 is 14.1 Å².